The van der Waals surface area contributed by atoms with E-state index < -0.39 is 24.3 Å². The van der Waals surface area contributed by atoms with Gasteiger partial charge in [-0.1, -0.05) is 88.4 Å². The Labute approximate surface area is 409 Å². The predicted molar refractivity (Wildman–Crippen MR) is 267 cm³/mol. The largest absolute Gasteiger partial charge is 0.453 e. The number of fused-ring (bicyclic) bond motifs is 10. The molecule has 14 heteroatoms. The number of aromatic nitrogens is 4. The quantitative estimate of drug-likeness (QED) is 0.0894. The minimum Gasteiger partial charge on any atom is -0.453 e. The molecule has 70 heavy (non-hydrogen) atoms. The number of amides is 4. The molecule has 4 aliphatic carbocycles. The second-order valence-corrected chi connectivity index (χ2v) is 21.1. The summed E-state index contributed by atoms with van der Waals surface area (Å²) in [6.45, 7) is 8.93. The van der Waals surface area contributed by atoms with Gasteiger partial charge in [0.15, 0.2) is 0 Å². The average molecular weight is 945 g/mol. The second kappa shape index (κ2) is 18.2. The number of nitrogens with one attached hydrogen (secondary N) is 4. The van der Waals surface area contributed by atoms with Gasteiger partial charge in [0.1, 0.15) is 23.7 Å². The Bertz CT molecular complexity index is 2900. The number of allylic oxidation sites excluding steroid dienone is 2. The van der Waals surface area contributed by atoms with Crippen LogP contribution in [0.2, 0.25) is 0 Å². The summed E-state index contributed by atoms with van der Waals surface area (Å²) in [5, 5.41) is 5.50. The van der Waals surface area contributed by atoms with Gasteiger partial charge in [-0.25, -0.2) is 19.6 Å². The molecule has 364 valence electrons. The highest BCUT2D eigenvalue weighted by molar-refractivity contribution is 5.89. The Morgan fingerprint density at radius 1 is 0.571 bits per heavy atom. The third-order valence-electron chi connectivity index (χ3n) is 16.4. The van der Waals surface area contributed by atoms with E-state index >= 15 is 0 Å². The first kappa shape index (κ1) is 45.7. The number of aromatic amines is 2. The zero-order valence-electron chi connectivity index (χ0n) is 41.0. The van der Waals surface area contributed by atoms with Gasteiger partial charge in [0, 0.05) is 30.5 Å². The van der Waals surface area contributed by atoms with Crippen LogP contribution in [-0.2, 0) is 19.1 Å². The van der Waals surface area contributed by atoms with Crippen LogP contribution in [0.5, 0.6) is 0 Å². The molecule has 0 radical (unpaired) electrons. The van der Waals surface area contributed by atoms with Gasteiger partial charge < -0.3 is 39.9 Å². The number of carbonyl (C=O) groups excluding carboxylic acids is 4. The third kappa shape index (κ3) is 7.78. The number of H-pyrrole nitrogens is 2. The minimum atomic E-state index is -0.686. The van der Waals surface area contributed by atoms with Crippen LogP contribution in [0, 0.1) is 11.8 Å². The summed E-state index contributed by atoms with van der Waals surface area (Å²) in [5.41, 5.74) is 15.2. The number of likely N-dealkylation sites (tertiary alicyclic amines) is 2. The van der Waals surface area contributed by atoms with Crippen LogP contribution in [0.4, 0.5) is 9.59 Å². The lowest BCUT2D eigenvalue weighted by molar-refractivity contribution is -0.136. The molecule has 5 aromatic rings. The molecular formula is C56H64N8O6. The lowest BCUT2D eigenvalue weighted by Crippen LogP contribution is -2.51. The topological polar surface area (TPSA) is 175 Å². The van der Waals surface area contributed by atoms with Gasteiger partial charge in [-0.2, -0.15) is 0 Å². The van der Waals surface area contributed by atoms with Crippen molar-refractivity contribution in [1.82, 2.24) is 40.4 Å². The number of methoxy groups -OCH3 is 2. The number of hydrogen-bond acceptors (Lipinski definition) is 8. The maximum atomic E-state index is 13.9. The molecule has 8 atom stereocenters. The summed E-state index contributed by atoms with van der Waals surface area (Å²) in [7, 11) is 2.62. The summed E-state index contributed by atoms with van der Waals surface area (Å²) in [4.78, 5) is 72.6. The number of hydrogen-bond donors (Lipinski definition) is 4. The Kier molecular flexibility index (Phi) is 11.9. The average Bonchev–Trinajstić information content (AvgIpc) is 4.23. The maximum absolute atomic E-state index is 13.9. The van der Waals surface area contributed by atoms with Crippen molar-refractivity contribution in [2.45, 2.75) is 127 Å². The molecule has 11 rings (SSSR count). The highest BCUT2D eigenvalue weighted by atomic mass is 16.5. The van der Waals surface area contributed by atoms with Crippen molar-refractivity contribution in [3.8, 4) is 44.8 Å². The first-order valence-corrected chi connectivity index (χ1v) is 25.4. The van der Waals surface area contributed by atoms with Crippen LogP contribution in [-0.4, -0.2) is 93.1 Å². The second-order valence-electron chi connectivity index (χ2n) is 21.1. The molecule has 14 nitrogen and oxygen atoms in total. The van der Waals surface area contributed by atoms with E-state index in [1.165, 1.54) is 83.6 Å². The molecule has 2 saturated heterocycles. The maximum Gasteiger partial charge on any atom is 0.407 e. The molecular weight excluding hydrogens is 881 g/mol. The van der Waals surface area contributed by atoms with Gasteiger partial charge >= 0.3 is 12.2 Å². The Morgan fingerprint density at radius 2 is 1.03 bits per heavy atom. The van der Waals surface area contributed by atoms with Crippen LogP contribution < -0.4 is 10.6 Å². The molecule has 4 heterocycles. The van der Waals surface area contributed by atoms with Crippen molar-refractivity contribution < 1.29 is 28.7 Å². The highest BCUT2D eigenvalue weighted by Gasteiger charge is 2.44. The fourth-order valence-electron chi connectivity index (χ4n) is 13.1. The molecule has 3 fully saturated rings. The number of ether oxygens (including phenoxy) is 2. The van der Waals surface area contributed by atoms with E-state index in [1.54, 1.807) is 0 Å². The number of carbonyl (C=O) groups is 4. The molecule has 8 unspecified atom stereocenters. The first-order chi connectivity index (χ1) is 33.9. The normalized spacial score (nSPS) is 23.5. The minimum absolute atomic E-state index is 0.101. The van der Waals surface area contributed by atoms with Gasteiger partial charge in [0.25, 0.3) is 0 Å². The molecule has 0 spiro atoms. The van der Waals surface area contributed by atoms with Crippen molar-refractivity contribution >= 4 is 24.0 Å². The van der Waals surface area contributed by atoms with Crippen LogP contribution in [0.3, 0.4) is 0 Å². The zero-order valence-corrected chi connectivity index (χ0v) is 41.0. The van der Waals surface area contributed by atoms with Gasteiger partial charge in [0.2, 0.25) is 11.8 Å². The summed E-state index contributed by atoms with van der Waals surface area (Å²) in [6, 6.07) is 16.4. The predicted octanol–water partition coefficient (Wildman–Crippen LogP) is 10.4. The molecule has 4 N–H and O–H groups in total. The van der Waals surface area contributed by atoms with E-state index in [-0.39, 0.29) is 35.7 Å². The van der Waals surface area contributed by atoms with E-state index in [4.69, 9.17) is 19.4 Å². The van der Waals surface area contributed by atoms with Gasteiger partial charge in [0.05, 0.1) is 50.1 Å². The van der Waals surface area contributed by atoms with Gasteiger partial charge in [-0.3, -0.25) is 9.59 Å². The number of alkyl carbamates (subject to hydrolysis) is 2. The van der Waals surface area contributed by atoms with Crippen molar-refractivity contribution in [2.24, 2.45) is 11.8 Å². The first-order valence-electron chi connectivity index (χ1n) is 25.4. The smallest absolute Gasteiger partial charge is 0.407 e. The number of imidazole rings is 2. The number of rotatable bonds is 12. The number of nitrogens with zero attached hydrogens (tertiary/aromatic N) is 4. The lowest BCUT2D eigenvalue weighted by Gasteiger charge is -2.30. The Hall–Kier alpha value is -6.70. The standard InChI is InChI=1S/C56H64N8O6/c1-29(2)49(61-55(67)69-5)53(65)63-23-7-9-43(63)51-57-27-41(59-51)32-13-11-31(12-14-32)37-19-20-38(46-34-16-15-33(25-34)45(37)46)39-21-22-40(48-36-18-17-35(26-36)47(39)48)42-28-58-52(60-42)44-10-8-24-64(44)54(66)50(30(3)4)62-56(68)70-6/h11-16,19-22,27-30,33-36,43-44,49-50H,7-10,17-18,23-26H2,1-6H3,(H,57,59)(H,58,60)(H,61,67)(H,62,68). The van der Waals surface area contributed by atoms with Crippen LogP contribution in [0.15, 0.2) is 73.1 Å². The van der Waals surface area contributed by atoms with Crippen LogP contribution in [0.25, 0.3) is 44.8 Å². The SMILES string of the molecule is COC(=O)NC(C(=O)N1CCCC1c1ncc(-c2ccc(-c3ccc(-c4ccc(-c5cnc(C6CCCN6C(=O)C(NC(=O)OC)C(C)C)[nH]5)c5c4C4CCC5C4)c4c3C3C=CC4C3)cc2)[nH]1)C(C)C. The van der Waals surface area contributed by atoms with E-state index in [0.29, 0.717) is 36.8 Å². The molecule has 2 aromatic heterocycles. The van der Waals surface area contributed by atoms with E-state index in [1.807, 2.05) is 49.9 Å². The summed E-state index contributed by atoms with van der Waals surface area (Å²) in [5.74, 6) is 2.88. The molecule has 1 saturated carbocycles. The fraction of sp³-hybridized carbons (Fsp3) is 0.464. The van der Waals surface area contributed by atoms with E-state index in [2.05, 4.69) is 81.3 Å². The third-order valence-corrected chi connectivity index (χ3v) is 16.4. The summed E-state index contributed by atoms with van der Waals surface area (Å²) >= 11 is 0. The molecule has 4 bridgehead atoms. The molecule has 3 aromatic carbocycles. The lowest BCUT2D eigenvalue weighted by atomic mass is 9.78. The van der Waals surface area contributed by atoms with E-state index in [0.717, 1.165) is 60.7 Å². The van der Waals surface area contributed by atoms with Crippen molar-refractivity contribution in [3.05, 3.63) is 107 Å². The van der Waals surface area contributed by atoms with E-state index in [9.17, 15) is 19.2 Å². The number of benzene rings is 3. The zero-order chi connectivity index (χ0) is 48.5. The van der Waals surface area contributed by atoms with Crippen molar-refractivity contribution in [3.63, 3.8) is 0 Å². The molecule has 2 aliphatic heterocycles. The monoisotopic (exact) mass is 944 g/mol. The van der Waals surface area contributed by atoms with Crippen LogP contribution >= 0.6 is 0 Å². The van der Waals surface area contributed by atoms with Crippen molar-refractivity contribution in [1.29, 1.82) is 0 Å². The molecule has 6 aliphatic rings. The summed E-state index contributed by atoms with van der Waals surface area (Å²) < 4.78 is 9.67. The van der Waals surface area contributed by atoms with Gasteiger partial charge in [-0.05, 0) is 125 Å². The van der Waals surface area contributed by atoms with Crippen LogP contribution in [0.1, 0.15) is 149 Å². The summed E-state index contributed by atoms with van der Waals surface area (Å²) in [6.07, 6.45) is 15.4. The fourth-order valence-corrected chi connectivity index (χ4v) is 13.1. The Balaban J connectivity index is 0.863. The van der Waals surface area contributed by atoms with Gasteiger partial charge in [-0.15, -0.1) is 0 Å². The Morgan fingerprint density at radius 3 is 1.57 bits per heavy atom. The highest BCUT2D eigenvalue weighted by Crippen LogP contribution is 2.61. The van der Waals surface area contributed by atoms with Crippen molar-refractivity contribution in [2.75, 3.05) is 27.3 Å². The molecule has 4 amide bonds.